The number of hydrogen-bond acceptors (Lipinski definition) is 7. The fraction of sp³-hybridized carbons (Fsp3) is 0.238. The molecule has 29 heavy (non-hydrogen) atoms. The summed E-state index contributed by atoms with van der Waals surface area (Å²) in [6.45, 7) is 1.90. The van der Waals surface area contributed by atoms with Crippen molar-refractivity contribution in [2.75, 3.05) is 21.3 Å². The summed E-state index contributed by atoms with van der Waals surface area (Å²) >= 11 is 0. The minimum absolute atomic E-state index is 0.127. The van der Waals surface area contributed by atoms with Crippen LogP contribution in [0.5, 0.6) is 0 Å². The van der Waals surface area contributed by atoms with E-state index in [1.807, 2.05) is 42.5 Å². The quantitative estimate of drug-likeness (QED) is 0.521. The third-order valence-corrected chi connectivity index (χ3v) is 3.89. The van der Waals surface area contributed by atoms with Gasteiger partial charge in [0.05, 0.1) is 0 Å². The van der Waals surface area contributed by atoms with Crippen molar-refractivity contribution in [3.8, 4) is 0 Å². The zero-order chi connectivity index (χ0) is 21.1. The number of carbonyl (C=O) groups is 1. The molecule has 1 amide bonds. The van der Waals surface area contributed by atoms with E-state index in [4.69, 9.17) is 14.5 Å². The van der Waals surface area contributed by atoms with E-state index >= 15 is 0 Å². The fourth-order valence-electron chi connectivity index (χ4n) is 2.56. The Morgan fingerprint density at radius 1 is 0.897 bits per heavy atom. The zero-order valence-electron chi connectivity index (χ0n) is 16.9. The summed E-state index contributed by atoms with van der Waals surface area (Å²) in [5.74, 6) is -0.363. The predicted molar refractivity (Wildman–Crippen MR) is 112 cm³/mol. The molecule has 0 aromatic heterocycles. The van der Waals surface area contributed by atoms with Crippen LogP contribution in [0.15, 0.2) is 70.1 Å². The molecule has 152 valence electrons. The monoisotopic (exact) mass is 396 g/mol. The molecule has 0 unspecified atom stereocenters. The first-order valence-corrected chi connectivity index (χ1v) is 8.87. The lowest BCUT2D eigenvalue weighted by Gasteiger charge is -2.10. The second-order valence-electron chi connectivity index (χ2n) is 5.80. The highest BCUT2D eigenvalue weighted by Gasteiger charge is 2.17. The predicted octanol–water partition coefficient (Wildman–Crippen LogP) is 2.73. The highest BCUT2D eigenvalue weighted by atomic mass is 16.6. The van der Waals surface area contributed by atoms with E-state index in [1.165, 1.54) is 21.3 Å². The van der Waals surface area contributed by atoms with E-state index in [2.05, 4.69) is 20.8 Å². The van der Waals surface area contributed by atoms with Gasteiger partial charge in [-0.1, -0.05) is 70.1 Å². The van der Waals surface area contributed by atoms with Gasteiger partial charge in [-0.15, -0.1) is 0 Å². The summed E-state index contributed by atoms with van der Waals surface area (Å²) in [6, 6.07) is 16.8. The van der Waals surface area contributed by atoms with Gasteiger partial charge < -0.3 is 19.8 Å². The highest BCUT2D eigenvalue weighted by Crippen LogP contribution is 2.13. The number of rotatable bonds is 9. The Labute approximate surface area is 169 Å². The Balaban J connectivity index is 2.23. The lowest BCUT2D eigenvalue weighted by molar-refractivity contribution is -0.114. The summed E-state index contributed by atoms with van der Waals surface area (Å²) in [7, 11) is 4.39. The average molecular weight is 396 g/mol. The van der Waals surface area contributed by atoms with Crippen LogP contribution in [0.2, 0.25) is 0 Å². The molecule has 0 bridgehead atoms. The van der Waals surface area contributed by atoms with E-state index < -0.39 is 0 Å². The number of amides is 1. The first-order valence-electron chi connectivity index (χ1n) is 8.87. The minimum atomic E-state index is -0.363. The number of hydrogen-bond donors (Lipinski definition) is 1. The van der Waals surface area contributed by atoms with Gasteiger partial charge in [-0.05, 0) is 6.92 Å². The van der Waals surface area contributed by atoms with Crippen molar-refractivity contribution in [2.24, 2.45) is 15.5 Å². The van der Waals surface area contributed by atoms with Gasteiger partial charge in [0.25, 0.3) is 5.91 Å². The van der Waals surface area contributed by atoms with Crippen LogP contribution in [0, 0.1) is 0 Å². The topological polar surface area (TPSA) is 93.9 Å². The van der Waals surface area contributed by atoms with Crippen molar-refractivity contribution in [1.29, 1.82) is 0 Å². The van der Waals surface area contributed by atoms with Gasteiger partial charge in [0, 0.05) is 23.7 Å². The Kier molecular flexibility index (Phi) is 8.37. The summed E-state index contributed by atoms with van der Waals surface area (Å²) in [6.07, 6.45) is 0. The molecule has 0 spiro atoms. The van der Waals surface area contributed by atoms with E-state index in [0.29, 0.717) is 17.0 Å². The molecule has 0 saturated carbocycles. The van der Waals surface area contributed by atoms with Gasteiger partial charge in [-0.3, -0.25) is 4.79 Å². The second kappa shape index (κ2) is 11.2. The summed E-state index contributed by atoms with van der Waals surface area (Å²) in [4.78, 5) is 27.4. The maximum Gasteiger partial charge on any atom is 0.273 e. The van der Waals surface area contributed by atoms with Crippen LogP contribution in [0.4, 0.5) is 0 Å². The zero-order valence-corrected chi connectivity index (χ0v) is 16.9. The number of nitrogens with one attached hydrogen (secondary N) is 1. The van der Waals surface area contributed by atoms with E-state index in [-0.39, 0.29) is 18.2 Å². The molecule has 0 saturated heterocycles. The molecule has 2 aromatic carbocycles. The number of benzene rings is 2. The van der Waals surface area contributed by atoms with Gasteiger partial charge in [0.1, 0.15) is 32.2 Å². The first kappa shape index (κ1) is 21.6. The van der Waals surface area contributed by atoms with Crippen molar-refractivity contribution in [1.82, 2.24) is 5.32 Å². The molecule has 0 heterocycles. The second-order valence-corrected chi connectivity index (χ2v) is 5.80. The number of carbonyl (C=O) groups excluding carboxylic acids is 1. The molecule has 0 aliphatic carbocycles. The van der Waals surface area contributed by atoms with Crippen LogP contribution >= 0.6 is 0 Å². The lowest BCUT2D eigenvalue weighted by Crippen LogP contribution is -2.29. The van der Waals surface area contributed by atoms with Crippen molar-refractivity contribution in [3.63, 3.8) is 0 Å². The molecule has 0 aliphatic rings. The fourth-order valence-corrected chi connectivity index (χ4v) is 2.56. The molecule has 2 aromatic rings. The maximum absolute atomic E-state index is 12.1. The smallest absolute Gasteiger partial charge is 0.273 e. The number of nitrogens with zero attached hydrogens (tertiary/aromatic N) is 3. The third kappa shape index (κ3) is 5.90. The summed E-state index contributed by atoms with van der Waals surface area (Å²) < 4.78 is 0. The Bertz CT molecular complexity index is 908. The van der Waals surface area contributed by atoms with Crippen molar-refractivity contribution < 1.29 is 19.3 Å². The largest absolute Gasteiger partial charge is 0.399 e. The molecule has 0 radical (unpaired) electrons. The van der Waals surface area contributed by atoms with Crippen LogP contribution in [-0.4, -0.2) is 44.3 Å². The average Bonchev–Trinajstić information content (AvgIpc) is 2.76. The molecule has 1 N–H and O–H groups in total. The Hall–Kier alpha value is -3.68. The van der Waals surface area contributed by atoms with E-state index in [1.54, 1.807) is 19.1 Å². The van der Waals surface area contributed by atoms with Crippen LogP contribution in [0.25, 0.3) is 0 Å². The molecule has 8 heteroatoms. The van der Waals surface area contributed by atoms with Gasteiger partial charge in [0.2, 0.25) is 0 Å². The van der Waals surface area contributed by atoms with Gasteiger partial charge in [-0.2, -0.15) is 0 Å². The van der Waals surface area contributed by atoms with Gasteiger partial charge in [0.15, 0.2) is 5.71 Å². The van der Waals surface area contributed by atoms with Crippen LogP contribution in [0.3, 0.4) is 0 Å². The van der Waals surface area contributed by atoms with Crippen molar-refractivity contribution in [3.05, 3.63) is 71.3 Å². The minimum Gasteiger partial charge on any atom is -0.399 e. The molecule has 0 fully saturated rings. The van der Waals surface area contributed by atoms with E-state index in [0.717, 1.165) is 11.1 Å². The van der Waals surface area contributed by atoms with E-state index in [9.17, 15) is 4.79 Å². The summed E-state index contributed by atoms with van der Waals surface area (Å²) in [5, 5.41) is 14.6. The SMILES string of the molecule is CNC(=O)/C(=N/OC)c1ccccc1CON=C(C)C(=NOC)c1ccccc1. The third-order valence-electron chi connectivity index (χ3n) is 3.89. The number of oxime groups is 3. The maximum atomic E-state index is 12.1. The highest BCUT2D eigenvalue weighted by molar-refractivity contribution is 6.47. The van der Waals surface area contributed by atoms with Crippen molar-refractivity contribution >= 4 is 23.0 Å². The Morgan fingerprint density at radius 3 is 2.17 bits per heavy atom. The molecule has 0 aliphatic heterocycles. The first-order chi connectivity index (χ1) is 14.1. The van der Waals surface area contributed by atoms with Crippen LogP contribution < -0.4 is 5.32 Å². The Morgan fingerprint density at radius 2 is 1.52 bits per heavy atom. The summed E-state index contributed by atoms with van der Waals surface area (Å²) in [5.41, 5.74) is 3.44. The normalized spacial score (nSPS) is 12.3. The van der Waals surface area contributed by atoms with Gasteiger partial charge in [-0.25, -0.2) is 0 Å². The van der Waals surface area contributed by atoms with Crippen molar-refractivity contribution in [2.45, 2.75) is 13.5 Å². The van der Waals surface area contributed by atoms with Gasteiger partial charge >= 0.3 is 0 Å². The standard InChI is InChI=1S/C21H24N4O4/c1-15(19(24-27-3)16-10-6-5-7-11-16)23-29-14-17-12-8-9-13-18(17)20(25-28-4)21(26)22-2/h5-13H,14H2,1-4H3,(H,22,26)/b23-15?,24-19?,25-20+. The molecule has 2 rings (SSSR count). The molecular weight excluding hydrogens is 372 g/mol. The molecular formula is C21H24N4O4. The molecule has 0 atom stereocenters. The lowest BCUT2D eigenvalue weighted by atomic mass is 10.0. The molecule has 8 nitrogen and oxygen atoms in total. The number of likely N-dealkylation sites (N-methyl/N-ethyl adjacent to an activating group) is 1. The van der Waals surface area contributed by atoms with Crippen LogP contribution in [0.1, 0.15) is 23.6 Å². The van der Waals surface area contributed by atoms with Crippen LogP contribution in [-0.2, 0) is 25.9 Å².